The summed E-state index contributed by atoms with van der Waals surface area (Å²) in [5, 5.41) is 3.46. The number of rotatable bonds is 4. The third-order valence-electron chi connectivity index (χ3n) is 3.42. The highest BCUT2D eigenvalue weighted by Gasteiger charge is 2.14. The second-order valence-corrected chi connectivity index (χ2v) is 5.35. The van der Waals surface area contributed by atoms with Crippen molar-refractivity contribution in [3.05, 3.63) is 29.3 Å². The SMILES string of the molecule is Cc1cc(CNC(C)C)ccc1N1CCCC1. The minimum Gasteiger partial charge on any atom is -0.371 e. The highest BCUT2D eigenvalue weighted by Crippen LogP contribution is 2.24. The van der Waals surface area contributed by atoms with E-state index in [4.69, 9.17) is 0 Å². The van der Waals surface area contributed by atoms with E-state index in [9.17, 15) is 0 Å². The summed E-state index contributed by atoms with van der Waals surface area (Å²) < 4.78 is 0. The third kappa shape index (κ3) is 3.22. The topological polar surface area (TPSA) is 15.3 Å². The molecule has 0 atom stereocenters. The molecule has 2 rings (SSSR count). The zero-order valence-corrected chi connectivity index (χ0v) is 11.3. The molecule has 17 heavy (non-hydrogen) atoms. The summed E-state index contributed by atoms with van der Waals surface area (Å²) >= 11 is 0. The monoisotopic (exact) mass is 232 g/mol. The van der Waals surface area contributed by atoms with Crippen molar-refractivity contribution in [2.75, 3.05) is 18.0 Å². The molecule has 1 aliphatic rings. The quantitative estimate of drug-likeness (QED) is 0.858. The Hall–Kier alpha value is -1.02. The maximum absolute atomic E-state index is 3.46. The van der Waals surface area contributed by atoms with Crippen LogP contribution in [0.5, 0.6) is 0 Å². The van der Waals surface area contributed by atoms with E-state index in [-0.39, 0.29) is 0 Å². The van der Waals surface area contributed by atoms with E-state index in [0.717, 1.165) is 6.54 Å². The van der Waals surface area contributed by atoms with Gasteiger partial charge in [-0.05, 0) is 37.0 Å². The number of hydrogen-bond donors (Lipinski definition) is 1. The molecule has 94 valence electrons. The van der Waals surface area contributed by atoms with Crippen molar-refractivity contribution in [3.63, 3.8) is 0 Å². The van der Waals surface area contributed by atoms with Gasteiger partial charge in [-0.3, -0.25) is 0 Å². The fourth-order valence-electron chi connectivity index (χ4n) is 2.46. The molecule has 0 unspecified atom stereocenters. The highest BCUT2D eigenvalue weighted by atomic mass is 15.1. The van der Waals surface area contributed by atoms with Crippen molar-refractivity contribution < 1.29 is 0 Å². The lowest BCUT2D eigenvalue weighted by Crippen LogP contribution is -2.22. The molecule has 0 saturated carbocycles. The molecule has 0 aliphatic carbocycles. The molecule has 1 fully saturated rings. The van der Waals surface area contributed by atoms with Gasteiger partial charge in [0.2, 0.25) is 0 Å². The van der Waals surface area contributed by atoms with Crippen molar-refractivity contribution in [1.82, 2.24) is 5.32 Å². The first-order chi connectivity index (χ1) is 8.16. The summed E-state index contributed by atoms with van der Waals surface area (Å²) in [5.74, 6) is 0. The molecule has 1 aliphatic heterocycles. The van der Waals surface area contributed by atoms with Gasteiger partial charge in [0.15, 0.2) is 0 Å². The minimum absolute atomic E-state index is 0.550. The number of benzene rings is 1. The van der Waals surface area contributed by atoms with E-state index in [2.05, 4.69) is 49.2 Å². The Kier molecular flexibility index (Phi) is 4.06. The van der Waals surface area contributed by atoms with Gasteiger partial charge in [-0.15, -0.1) is 0 Å². The molecule has 2 heteroatoms. The number of nitrogens with zero attached hydrogens (tertiary/aromatic N) is 1. The molecule has 0 amide bonds. The van der Waals surface area contributed by atoms with Gasteiger partial charge in [0.1, 0.15) is 0 Å². The molecule has 1 saturated heterocycles. The molecule has 2 nitrogen and oxygen atoms in total. The molecule has 1 aromatic rings. The summed E-state index contributed by atoms with van der Waals surface area (Å²) in [6, 6.07) is 7.42. The van der Waals surface area contributed by atoms with Crippen LogP contribution in [0.4, 0.5) is 5.69 Å². The van der Waals surface area contributed by atoms with Crippen LogP contribution in [0.3, 0.4) is 0 Å². The highest BCUT2D eigenvalue weighted by molar-refractivity contribution is 5.55. The lowest BCUT2D eigenvalue weighted by Gasteiger charge is -2.21. The first-order valence-corrected chi connectivity index (χ1v) is 6.74. The standard InChI is InChI=1S/C15H24N2/c1-12(2)16-11-14-6-7-15(13(3)10-14)17-8-4-5-9-17/h6-7,10,12,16H,4-5,8-9,11H2,1-3H3. The Bertz CT molecular complexity index is 365. The molecular formula is C15H24N2. The van der Waals surface area contributed by atoms with Crippen LogP contribution in [0.2, 0.25) is 0 Å². The van der Waals surface area contributed by atoms with Gasteiger partial charge in [0, 0.05) is 31.4 Å². The lowest BCUT2D eigenvalue weighted by atomic mass is 10.1. The normalized spacial score (nSPS) is 15.9. The number of anilines is 1. The van der Waals surface area contributed by atoms with Crippen LogP contribution < -0.4 is 10.2 Å². The fourth-order valence-corrected chi connectivity index (χ4v) is 2.46. The van der Waals surface area contributed by atoms with Gasteiger partial charge in [0.05, 0.1) is 0 Å². The summed E-state index contributed by atoms with van der Waals surface area (Å²) in [7, 11) is 0. The second kappa shape index (κ2) is 5.54. The molecule has 0 bridgehead atoms. The number of nitrogens with one attached hydrogen (secondary N) is 1. The van der Waals surface area contributed by atoms with Gasteiger partial charge in [-0.1, -0.05) is 26.0 Å². The van der Waals surface area contributed by atoms with Crippen molar-refractivity contribution in [3.8, 4) is 0 Å². The van der Waals surface area contributed by atoms with E-state index in [1.54, 1.807) is 0 Å². The lowest BCUT2D eigenvalue weighted by molar-refractivity contribution is 0.588. The second-order valence-electron chi connectivity index (χ2n) is 5.35. The Morgan fingerprint density at radius 2 is 1.94 bits per heavy atom. The van der Waals surface area contributed by atoms with E-state index in [0.29, 0.717) is 6.04 Å². The largest absolute Gasteiger partial charge is 0.371 e. The van der Waals surface area contributed by atoms with Gasteiger partial charge < -0.3 is 10.2 Å². The van der Waals surface area contributed by atoms with Crippen LogP contribution in [0.25, 0.3) is 0 Å². The molecule has 0 radical (unpaired) electrons. The molecule has 0 aromatic heterocycles. The Labute approximate surface area is 105 Å². The van der Waals surface area contributed by atoms with E-state index in [1.165, 1.54) is 42.7 Å². The van der Waals surface area contributed by atoms with E-state index < -0.39 is 0 Å². The average Bonchev–Trinajstić information content (AvgIpc) is 2.79. The number of aryl methyl sites for hydroxylation is 1. The van der Waals surface area contributed by atoms with Crippen LogP contribution in [0.1, 0.15) is 37.8 Å². The van der Waals surface area contributed by atoms with Crippen molar-refractivity contribution in [1.29, 1.82) is 0 Å². The van der Waals surface area contributed by atoms with Crippen LogP contribution in [-0.2, 0) is 6.54 Å². The van der Waals surface area contributed by atoms with Crippen LogP contribution in [0, 0.1) is 6.92 Å². The molecule has 1 N–H and O–H groups in total. The molecule has 1 aromatic carbocycles. The zero-order chi connectivity index (χ0) is 12.3. The van der Waals surface area contributed by atoms with Crippen LogP contribution in [0.15, 0.2) is 18.2 Å². The fraction of sp³-hybridized carbons (Fsp3) is 0.600. The van der Waals surface area contributed by atoms with Crippen LogP contribution in [-0.4, -0.2) is 19.1 Å². The van der Waals surface area contributed by atoms with Crippen molar-refractivity contribution >= 4 is 5.69 Å². The van der Waals surface area contributed by atoms with Gasteiger partial charge in [0.25, 0.3) is 0 Å². The zero-order valence-electron chi connectivity index (χ0n) is 11.3. The maximum Gasteiger partial charge on any atom is 0.0396 e. The smallest absolute Gasteiger partial charge is 0.0396 e. The van der Waals surface area contributed by atoms with Crippen molar-refractivity contribution in [2.24, 2.45) is 0 Å². The summed E-state index contributed by atoms with van der Waals surface area (Å²) in [6.07, 6.45) is 2.69. The predicted octanol–water partition coefficient (Wildman–Crippen LogP) is 3.09. The van der Waals surface area contributed by atoms with Gasteiger partial charge in [-0.2, -0.15) is 0 Å². The predicted molar refractivity (Wildman–Crippen MR) is 74.6 cm³/mol. The summed E-state index contributed by atoms with van der Waals surface area (Å²) in [4.78, 5) is 2.51. The molecule has 0 spiro atoms. The van der Waals surface area contributed by atoms with E-state index in [1.807, 2.05) is 0 Å². The minimum atomic E-state index is 0.550. The summed E-state index contributed by atoms with van der Waals surface area (Å²) in [6.45, 7) is 10.0. The van der Waals surface area contributed by atoms with Gasteiger partial charge in [-0.25, -0.2) is 0 Å². The molecular weight excluding hydrogens is 208 g/mol. The maximum atomic E-state index is 3.46. The van der Waals surface area contributed by atoms with Crippen molar-refractivity contribution in [2.45, 2.75) is 46.2 Å². The number of hydrogen-bond acceptors (Lipinski definition) is 2. The van der Waals surface area contributed by atoms with Gasteiger partial charge >= 0.3 is 0 Å². The Balaban J connectivity index is 2.05. The Morgan fingerprint density at radius 1 is 1.24 bits per heavy atom. The van der Waals surface area contributed by atoms with Crippen LogP contribution >= 0.6 is 0 Å². The average molecular weight is 232 g/mol. The molecule has 1 heterocycles. The summed E-state index contributed by atoms with van der Waals surface area (Å²) in [5.41, 5.74) is 4.23. The first-order valence-electron chi connectivity index (χ1n) is 6.74. The first kappa shape index (κ1) is 12.4. The third-order valence-corrected chi connectivity index (χ3v) is 3.42. The Morgan fingerprint density at radius 3 is 2.53 bits per heavy atom. The van der Waals surface area contributed by atoms with E-state index >= 15 is 0 Å².